The average molecular weight is 486 g/mol. The van der Waals surface area contributed by atoms with Crippen LogP contribution < -0.4 is 15.4 Å². The molecule has 0 aromatic heterocycles. The largest absolute Gasteiger partial charge is 0.497 e. The smallest absolute Gasteiger partial charge is 0.251 e. The highest BCUT2D eigenvalue weighted by Gasteiger charge is 2.22. The quantitative estimate of drug-likeness (QED) is 0.441. The van der Waals surface area contributed by atoms with E-state index in [1.165, 1.54) is 5.56 Å². The second-order valence-corrected chi connectivity index (χ2v) is 9.38. The second kappa shape index (κ2) is 12.9. The maximum Gasteiger partial charge on any atom is 0.251 e. The summed E-state index contributed by atoms with van der Waals surface area (Å²) in [6.07, 6.45) is 2.32. The zero-order valence-electron chi connectivity index (χ0n) is 20.9. The van der Waals surface area contributed by atoms with Crippen LogP contribution in [0, 0.1) is 5.92 Å². The molecule has 1 heterocycles. The van der Waals surface area contributed by atoms with E-state index in [0.717, 1.165) is 43.8 Å². The van der Waals surface area contributed by atoms with Gasteiger partial charge in [0.05, 0.1) is 19.6 Å². The number of carbonyl (C=O) groups is 2. The molecule has 4 rings (SSSR count). The number of methoxy groups -OCH3 is 1. The summed E-state index contributed by atoms with van der Waals surface area (Å²) in [5.41, 5.74) is 2.79. The van der Waals surface area contributed by atoms with Crippen molar-refractivity contribution in [1.29, 1.82) is 0 Å². The van der Waals surface area contributed by atoms with Crippen LogP contribution in [0.15, 0.2) is 84.9 Å². The number of amides is 2. The van der Waals surface area contributed by atoms with Crippen molar-refractivity contribution in [2.24, 2.45) is 5.92 Å². The SMILES string of the molecule is COc1ccc(CN2CCC(CNC(=O)CC(NC(=O)c3ccccc3)c3ccccc3)CC2)cc1. The summed E-state index contributed by atoms with van der Waals surface area (Å²) in [5.74, 6) is 1.12. The molecule has 6 heteroatoms. The van der Waals surface area contributed by atoms with Gasteiger partial charge in [-0.25, -0.2) is 0 Å². The van der Waals surface area contributed by atoms with Gasteiger partial charge in [0, 0.05) is 18.7 Å². The first-order valence-corrected chi connectivity index (χ1v) is 12.6. The molecular formula is C30H35N3O3. The van der Waals surface area contributed by atoms with Crippen LogP contribution in [0.3, 0.4) is 0 Å². The minimum Gasteiger partial charge on any atom is -0.497 e. The van der Waals surface area contributed by atoms with Gasteiger partial charge in [-0.05, 0) is 67.2 Å². The van der Waals surface area contributed by atoms with E-state index in [4.69, 9.17) is 4.74 Å². The highest BCUT2D eigenvalue weighted by atomic mass is 16.5. The first-order chi connectivity index (χ1) is 17.6. The minimum absolute atomic E-state index is 0.0436. The molecule has 188 valence electrons. The lowest BCUT2D eigenvalue weighted by Crippen LogP contribution is -2.39. The molecule has 1 unspecified atom stereocenters. The van der Waals surface area contributed by atoms with Crippen molar-refractivity contribution in [3.05, 3.63) is 102 Å². The molecule has 1 atom stereocenters. The molecule has 2 N–H and O–H groups in total. The number of carbonyl (C=O) groups excluding carboxylic acids is 2. The lowest BCUT2D eigenvalue weighted by molar-refractivity contribution is -0.121. The van der Waals surface area contributed by atoms with Crippen LogP contribution in [0.5, 0.6) is 5.75 Å². The number of likely N-dealkylation sites (tertiary alicyclic amines) is 1. The van der Waals surface area contributed by atoms with Gasteiger partial charge >= 0.3 is 0 Å². The number of nitrogens with one attached hydrogen (secondary N) is 2. The van der Waals surface area contributed by atoms with Crippen LogP contribution in [0.2, 0.25) is 0 Å². The van der Waals surface area contributed by atoms with E-state index in [2.05, 4.69) is 27.7 Å². The molecule has 1 fully saturated rings. The highest BCUT2D eigenvalue weighted by molar-refractivity contribution is 5.94. The molecule has 0 aliphatic carbocycles. The van der Waals surface area contributed by atoms with Crippen LogP contribution >= 0.6 is 0 Å². The van der Waals surface area contributed by atoms with Crippen molar-refractivity contribution in [2.75, 3.05) is 26.7 Å². The van der Waals surface area contributed by atoms with E-state index in [1.54, 1.807) is 19.2 Å². The van der Waals surface area contributed by atoms with E-state index >= 15 is 0 Å². The number of hydrogen-bond donors (Lipinski definition) is 2. The monoisotopic (exact) mass is 485 g/mol. The standard InChI is InChI=1S/C30H35N3O3/c1-36-27-14-12-24(13-15-27)22-33-18-16-23(17-19-33)21-31-29(34)20-28(25-8-4-2-5-9-25)32-30(35)26-10-6-3-7-11-26/h2-15,23,28H,16-22H2,1H3,(H,31,34)(H,32,35). The first kappa shape index (κ1) is 25.5. The lowest BCUT2D eigenvalue weighted by atomic mass is 9.96. The van der Waals surface area contributed by atoms with Crippen LogP contribution in [0.4, 0.5) is 0 Å². The number of ether oxygens (including phenoxy) is 1. The molecule has 1 saturated heterocycles. The lowest BCUT2D eigenvalue weighted by Gasteiger charge is -2.32. The van der Waals surface area contributed by atoms with Gasteiger partial charge in [0.25, 0.3) is 5.91 Å². The zero-order chi connectivity index (χ0) is 25.2. The van der Waals surface area contributed by atoms with Crippen molar-refractivity contribution in [3.63, 3.8) is 0 Å². The van der Waals surface area contributed by atoms with Gasteiger partial charge in [0.1, 0.15) is 5.75 Å². The Morgan fingerprint density at radius 1 is 0.917 bits per heavy atom. The van der Waals surface area contributed by atoms with E-state index in [9.17, 15) is 9.59 Å². The number of piperidine rings is 1. The molecule has 0 spiro atoms. The first-order valence-electron chi connectivity index (χ1n) is 12.6. The molecular weight excluding hydrogens is 450 g/mol. The van der Waals surface area contributed by atoms with Crippen molar-refractivity contribution in [3.8, 4) is 5.75 Å². The van der Waals surface area contributed by atoms with Crippen molar-refractivity contribution in [1.82, 2.24) is 15.5 Å². The molecule has 3 aromatic rings. The number of rotatable bonds is 10. The summed E-state index contributed by atoms with van der Waals surface area (Å²) in [5, 5.41) is 6.16. The van der Waals surface area contributed by atoms with E-state index < -0.39 is 0 Å². The normalized spacial score (nSPS) is 15.1. The van der Waals surface area contributed by atoms with Gasteiger partial charge in [0.15, 0.2) is 0 Å². The van der Waals surface area contributed by atoms with Gasteiger partial charge in [0.2, 0.25) is 5.91 Å². The van der Waals surface area contributed by atoms with Crippen LogP contribution in [-0.4, -0.2) is 43.5 Å². The summed E-state index contributed by atoms with van der Waals surface area (Å²) < 4.78 is 5.24. The third-order valence-corrected chi connectivity index (χ3v) is 6.79. The van der Waals surface area contributed by atoms with E-state index in [-0.39, 0.29) is 24.3 Å². The summed E-state index contributed by atoms with van der Waals surface area (Å²) >= 11 is 0. The Kier molecular flexibility index (Phi) is 9.11. The molecule has 6 nitrogen and oxygen atoms in total. The molecule has 1 aliphatic heterocycles. The molecule has 0 radical (unpaired) electrons. The van der Waals surface area contributed by atoms with Crippen LogP contribution in [0.25, 0.3) is 0 Å². The van der Waals surface area contributed by atoms with Crippen molar-refractivity contribution >= 4 is 11.8 Å². The molecule has 36 heavy (non-hydrogen) atoms. The second-order valence-electron chi connectivity index (χ2n) is 9.38. The number of benzene rings is 3. The predicted octanol–water partition coefficient (Wildman–Crippen LogP) is 4.58. The number of nitrogens with zero attached hydrogens (tertiary/aromatic N) is 1. The summed E-state index contributed by atoms with van der Waals surface area (Å²) in [7, 11) is 1.68. The van der Waals surface area contributed by atoms with Gasteiger partial charge in [-0.3, -0.25) is 14.5 Å². The Labute approximate surface area is 213 Å². The fourth-order valence-corrected chi connectivity index (χ4v) is 4.62. The van der Waals surface area contributed by atoms with Gasteiger partial charge in [-0.15, -0.1) is 0 Å². The third-order valence-electron chi connectivity index (χ3n) is 6.79. The Hall–Kier alpha value is -3.64. The average Bonchev–Trinajstić information content (AvgIpc) is 2.93. The fourth-order valence-electron chi connectivity index (χ4n) is 4.62. The zero-order valence-corrected chi connectivity index (χ0v) is 20.9. The molecule has 0 bridgehead atoms. The molecule has 2 amide bonds. The Bertz CT molecular complexity index is 1100. The minimum atomic E-state index is -0.384. The molecule has 3 aromatic carbocycles. The molecule has 0 saturated carbocycles. The maximum absolute atomic E-state index is 12.9. The van der Waals surface area contributed by atoms with Crippen LogP contribution in [0.1, 0.15) is 46.8 Å². The topological polar surface area (TPSA) is 70.7 Å². The van der Waals surface area contributed by atoms with Crippen molar-refractivity contribution < 1.29 is 14.3 Å². The molecule has 1 aliphatic rings. The Morgan fingerprint density at radius 3 is 2.19 bits per heavy atom. The summed E-state index contributed by atoms with van der Waals surface area (Å²) in [6.45, 7) is 3.64. The van der Waals surface area contributed by atoms with E-state index in [1.807, 2.05) is 60.7 Å². The highest BCUT2D eigenvalue weighted by Crippen LogP contribution is 2.21. The summed E-state index contributed by atoms with van der Waals surface area (Å²) in [6, 6.07) is 26.6. The Morgan fingerprint density at radius 2 is 1.56 bits per heavy atom. The van der Waals surface area contributed by atoms with Crippen molar-refractivity contribution in [2.45, 2.75) is 31.8 Å². The Balaban J connectivity index is 1.24. The number of hydrogen-bond acceptors (Lipinski definition) is 4. The predicted molar refractivity (Wildman–Crippen MR) is 142 cm³/mol. The fraction of sp³-hybridized carbons (Fsp3) is 0.333. The van der Waals surface area contributed by atoms with Gasteiger partial charge in [-0.2, -0.15) is 0 Å². The van der Waals surface area contributed by atoms with Crippen LogP contribution in [-0.2, 0) is 11.3 Å². The van der Waals surface area contributed by atoms with E-state index in [0.29, 0.717) is 18.0 Å². The summed E-state index contributed by atoms with van der Waals surface area (Å²) in [4.78, 5) is 28.1. The maximum atomic E-state index is 12.9. The third kappa shape index (κ3) is 7.43. The van der Waals surface area contributed by atoms with Gasteiger partial charge < -0.3 is 15.4 Å². The van der Waals surface area contributed by atoms with Gasteiger partial charge in [-0.1, -0.05) is 60.7 Å².